The van der Waals surface area contributed by atoms with Crippen molar-refractivity contribution in [2.24, 2.45) is 17.7 Å². The van der Waals surface area contributed by atoms with Crippen LogP contribution in [-0.4, -0.2) is 18.8 Å². The number of hydrazine groups is 1. The number of rotatable bonds is 5. The maximum Gasteiger partial charge on any atom is 0.0551 e. The maximum atomic E-state index is 5.64. The molecule has 84 valence electrons. The Hall–Kier alpha value is -0.120. The smallest absolute Gasteiger partial charge is 0.0551 e. The summed E-state index contributed by atoms with van der Waals surface area (Å²) in [5.74, 6) is 6.92. The monoisotopic (exact) mass is 200 g/mol. The molecule has 3 nitrogen and oxygen atoms in total. The third-order valence-electron chi connectivity index (χ3n) is 3.49. The Balaban J connectivity index is 2.52. The average molecular weight is 200 g/mol. The van der Waals surface area contributed by atoms with Crippen LogP contribution in [0.1, 0.15) is 40.0 Å². The molecule has 0 bridgehead atoms. The zero-order chi connectivity index (χ0) is 10.6. The summed E-state index contributed by atoms with van der Waals surface area (Å²) in [6.07, 6.45) is 3.93. The molecule has 1 aliphatic heterocycles. The van der Waals surface area contributed by atoms with Crippen molar-refractivity contribution in [1.82, 2.24) is 5.43 Å². The first-order chi connectivity index (χ1) is 6.72. The number of hydrogen-bond acceptors (Lipinski definition) is 3. The maximum absolute atomic E-state index is 5.64. The minimum Gasteiger partial charge on any atom is -0.378 e. The second-order valence-corrected chi connectivity index (χ2v) is 4.41. The summed E-state index contributed by atoms with van der Waals surface area (Å²) < 4.78 is 5.59. The van der Waals surface area contributed by atoms with Crippen molar-refractivity contribution >= 4 is 0 Å². The first-order valence-electron chi connectivity index (χ1n) is 5.80. The molecule has 3 heteroatoms. The molecule has 0 spiro atoms. The largest absolute Gasteiger partial charge is 0.378 e. The van der Waals surface area contributed by atoms with Gasteiger partial charge in [0.25, 0.3) is 0 Å². The SMILES string of the molecule is CCC(CC)C(NN)C1COC(C)C1. The lowest BCUT2D eigenvalue weighted by Crippen LogP contribution is -2.46. The summed E-state index contributed by atoms with van der Waals surface area (Å²) in [6, 6.07) is 0.426. The molecule has 14 heavy (non-hydrogen) atoms. The van der Waals surface area contributed by atoms with E-state index in [0.717, 1.165) is 13.0 Å². The van der Waals surface area contributed by atoms with E-state index in [1.54, 1.807) is 0 Å². The van der Waals surface area contributed by atoms with Crippen LogP contribution in [0.25, 0.3) is 0 Å². The van der Waals surface area contributed by atoms with E-state index in [2.05, 4.69) is 26.2 Å². The van der Waals surface area contributed by atoms with E-state index in [-0.39, 0.29) is 0 Å². The highest BCUT2D eigenvalue weighted by Gasteiger charge is 2.32. The minimum absolute atomic E-state index is 0.408. The van der Waals surface area contributed by atoms with Gasteiger partial charge in [-0.2, -0.15) is 0 Å². The highest BCUT2D eigenvalue weighted by atomic mass is 16.5. The van der Waals surface area contributed by atoms with Crippen LogP contribution in [0.15, 0.2) is 0 Å². The molecule has 1 aliphatic rings. The Morgan fingerprint density at radius 2 is 2.07 bits per heavy atom. The first kappa shape index (κ1) is 12.0. The van der Waals surface area contributed by atoms with Crippen LogP contribution in [-0.2, 0) is 4.74 Å². The molecule has 0 aromatic heterocycles. The predicted molar refractivity (Wildman–Crippen MR) is 58.7 cm³/mol. The minimum atomic E-state index is 0.408. The van der Waals surface area contributed by atoms with Crippen LogP contribution in [0, 0.1) is 11.8 Å². The Labute approximate surface area is 87.4 Å². The summed E-state index contributed by atoms with van der Waals surface area (Å²) >= 11 is 0. The van der Waals surface area contributed by atoms with Gasteiger partial charge in [-0.25, -0.2) is 0 Å². The van der Waals surface area contributed by atoms with Crippen molar-refractivity contribution in [1.29, 1.82) is 0 Å². The molecule has 3 atom stereocenters. The van der Waals surface area contributed by atoms with Crippen LogP contribution in [0.5, 0.6) is 0 Å². The summed E-state index contributed by atoms with van der Waals surface area (Å²) in [4.78, 5) is 0. The van der Waals surface area contributed by atoms with Gasteiger partial charge in [0.1, 0.15) is 0 Å². The Bertz CT molecular complexity index is 159. The fourth-order valence-corrected chi connectivity index (χ4v) is 2.55. The molecule has 0 saturated carbocycles. The predicted octanol–water partition coefficient (Wildman–Crippen LogP) is 1.68. The van der Waals surface area contributed by atoms with Crippen LogP contribution in [0.3, 0.4) is 0 Å². The van der Waals surface area contributed by atoms with E-state index in [4.69, 9.17) is 10.6 Å². The molecular formula is C11H24N2O. The lowest BCUT2D eigenvalue weighted by Gasteiger charge is -2.29. The van der Waals surface area contributed by atoms with Gasteiger partial charge in [-0.15, -0.1) is 0 Å². The third kappa shape index (κ3) is 2.69. The highest BCUT2D eigenvalue weighted by Crippen LogP contribution is 2.28. The van der Waals surface area contributed by atoms with Crippen molar-refractivity contribution in [3.63, 3.8) is 0 Å². The Kier molecular flexibility index (Phi) is 4.85. The van der Waals surface area contributed by atoms with E-state index in [0.29, 0.717) is 24.0 Å². The number of nitrogens with two attached hydrogens (primary N) is 1. The second-order valence-electron chi connectivity index (χ2n) is 4.41. The van der Waals surface area contributed by atoms with Crippen LogP contribution >= 0.6 is 0 Å². The molecule has 1 fully saturated rings. The van der Waals surface area contributed by atoms with Gasteiger partial charge < -0.3 is 4.74 Å². The van der Waals surface area contributed by atoms with Crippen LogP contribution in [0.2, 0.25) is 0 Å². The van der Waals surface area contributed by atoms with Gasteiger partial charge >= 0.3 is 0 Å². The molecule has 1 heterocycles. The van der Waals surface area contributed by atoms with Crippen LogP contribution in [0.4, 0.5) is 0 Å². The number of hydrogen-bond donors (Lipinski definition) is 2. The summed E-state index contributed by atoms with van der Waals surface area (Å²) in [5, 5.41) is 0. The van der Waals surface area contributed by atoms with Gasteiger partial charge in [0.2, 0.25) is 0 Å². The zero-order valence-corrected chi connectivity index (χ0v) is 9.62. The highest BCUT2D eigenvalue weighted by molar-refractivity contribution is 4.84. The Morgan fingerprint density at radius 1 is 1.43 bits per heavy atom. The van der Waals surface area contributed by atoms with Gasteiger partial charge in [-0.1, -0.05) is 26.7 Å². The van der Waals surface area contributed by atoms with Crippen molar-refractivity contribution in [3.8, 4) is 0 Å². The van der Waals surface area contributed by atoms with E-state index in [1.165, 1.54) is 12.8 Å². The van der Waals surface area contributed by atoms with Crippen molar-refractivity contribution < 1.29 is 4.74 Å². The average Bonchev–Trinajstić information content (AvgIpc) is 2.60. The van der Waals surface area contributed by atoms with Crippen molar-refractivity contribution in [2.75, 3.05) is 6.61 Å². The zero-order valence-electron chi connectivity index (χ0n) is 9.62. The van der Waals surface area contributed by atoms with Gasteiger partial charge in [-0.3, -0.25) is 11.3 Å². The molecule has 0 amide bonds. The standard InChI is InChI=1S/C11H24N2O/c1-4-9(5-2)11(13-12)10-6-8(3)14-7-10/h8-11,13H,4-7,12H2,1-3H3. The van der Waals surface area contributed by atoms with E-state index < -0.39 is 0 Å². The molecular weight excluding hydrogens is 176 g/mol. The fraction of sp³-hybridized carbons (Fsp3) is 1.00. The normalized spacial score (nSPS) is 29.8. The van der Waals surface area contributed by atoms with E-state index in [9.17, 15) is 0 Å². The lowest BCUT2D eigenvalue weighted by atomic mass is 9.84. The topological polar surface area (TPSA) is 47.3 Å². The third-order valence-corrected chi connectivity index (χ3v) is 3.49. The van der Waals surface area contributed by atoms with Crippen molar-refractivity contribution in [3.05, 3.63) is 0 Å². The molecule has 1 rings (SSSR count). The molecule has 0 aromatic rings. The number of ether oxygens (including phenoxy) is 1. The van der Waals surface area contributed by atoms with Gasteiger partial charge in [0.15, 0.2) is 0 Å². The quantitative estimate of drug-likeness (QED) is 0.524. The fourth-order valence-electron chi connectivity index (χ4n) is 2.55. The molecule has 0 aromatic carbocycles. The van der Waals surface area contributed by atoms with Gasteiger partial charge in [0, 0.05) is 12.0 Å². The summed E-state index contributed by atoms with van der Waals surface area (Å²) in [6.45, 7) is 7.47. The van der Waals surface area contributed by atoms with E-state index >= 15 is 0 Å². The Morgan fingerprint density at radius 3 is 2.43 bits per heavy atom. The van der Waals surface area contributed by atoms with Crippen molar-refractivity contribution in [2.45, 2.75) is 52.2 Å². The van der Waals surface area contributed by atoms with Gasteiger partial charge in [0.05, 0.1) is 12.7 Å². The summed E-state index contributed by atoms with van der Waals surface area (Å²) in [7, 11) is 0. The van der Waals surface area contributed by atoms with E-state index in [1.807, 2.05) is 0 Å². The summed E-state index contributed by atoms with van der Waals surface area (Å²) in [5.41, 5.74) is 2.99. The molecule has 3 N–H and O–H groups in total. The number of nitrogens with one attached hydrogen (secondary N) is 1. The second kappa shape index (κ2) is 5.69. The van der Waals surface area contributed by atoms with Crippen LogP contribution < -0.4 is 11.3 Å². The van der Waals surface area contributed by atoms with Gasteiger partial charge in [-0.05, 0) is 19.3 Å². The lowest BCUT2D eigenvalue weighted by molar-refractivity contribution is 0.112. The molecule has 3 unspecified atom stereocenters. The first-order valence-corrected chi connectivity index (χ1v) is 5.80. The molecule has 1 saturated heterocycles. The molecule has 0 aliphatic carbocycles. The molecule has 0 radical (unpaired) electrons.